The first-order valence-electron chi connectivity index (χ1n) is 14.0. The van der Waals surface area contributed by atoms with E-state index in [1.54, 1.807) is 20.8 Å². The second kappa shape index (κ2) is 12.7. The SMILES string of the molecule is CC[C@H](C)[C@@H](CN(Cc1cccc(F)c1F)C(=O)OCC1c2ccccc2-c2ccccc21)NC(=O)OC(C)(C)C. The van der Waals surface area contributed by atoms with Gasteiger partial charge in [-0.25, -0.2) is 18.4 Å². The van der Waals surface area contributed by atoms with E-state index < -0.39 is 35.5 Å². The standard InChI is InChI=1S/C33H38F2N2O4/c1-6-21(2)29(36-31(38)41-33(3,4)5)19-37(18-22-12-11-17-28(34)30(22)35)32(39)40-20-27-25-15-9-7-13-23(25)24-14-8-10-16-26(24)27/h7-17,21,27,29H,6,18-20H2,1-5H3,(H,36,38)/t21-,29+/m0/s1. The molecule has 41 heavy (non-hydrogen) atoms. The molecule has 0 saturated heterocycles. The van der Waals surface area contributed by atoms with Crippen molar-refractivity contribution in [2.75, 3.05) is 13.2 Å². The zero-order valence-electron chi connectivity index (χ0n) is 24.2. The predicted molar refractivity (Wildman–Crippen MR) is 154 cm³/mol. The minimum Gasteiger partial charge on any atom is -0.448 e. The van der Waals surface area contributed by atoms with Gasteiger partial charge >= 0.3 is 12.2 Å². The summed E-state index contributed by atoms with van der Waals surface area (Å²) in [5.74, 6) is -2.24. The summed E-state index contributed by atoms with van der Waals surface area (Å²) < 4.78 is 40.1. The largest absolute Gasteiger partial charge is 0.448 e. The third-order valence-corrected chi connectivity index (χ3v) is 7.44. The van der Waals surface area contributed by atoms with Gasteiger partial charge in [-0.3, -0.25) is 0 Å². The predicted octanol–water partition coefficient (Wildman–Crippen LogP) is 7.66. The lowest BCUT2D eigenvalue weighted by molar-refractivity contribution is 0.0452. The van der Waals surface area contributed by atoms with Crippen LogP contribution in [0, 0.1) is 17.6 Å². The average Bonchev–Trinajstić information content (AvgIpc) is 3.25. The summed E-state index contributed by atoms with van der Waals surface area (Å²) in [6, 6.07) is 19.4. The van der Waals surface area contributed by atoms with E-state index in [1.807, 2.05) is 62.4 Å². The Balaban J connectivity index is 1.58. The van der Waals surface area contributed by atoms with Gasteiger partial charge in [0.25, 0.3) is 0 Å². The number of hydrogen-bond acceptors (Lipinski definition) is 4. The van der Waals surface area contributed by atoms with Gasteiger partial charge in [-0.15, -0.1) is 0 Å². The van der Waals surface area contributed by atoms with Crippen molar-refractivity contribution >= 4 is 12.2 Å². The monoisotopic (exact) mass is 564 g/mol. The molecule has 3 aromatic rings. The molecular formula is C33H38F2N2O4. The van der Waals surface area contributed by atoms with Crippen molar-refractivity contribution in [1.29, 1.82) is 0 Å². The molecule has 218 valence electrons. The Labute approximate surface area is 240 Å². The number of halogens is 2. The van der Waals surface area contributed by atoms with Crippen molar-refractivity contribution < 1.29 is 27.8 Å². The maximum absolute atomic E-state index is 14.7. The lowest BCUT2D eigenvalue weighted by Gasteiger charge is -2.32. The number of nitrogens with one attached hydrogen (secondary N) is 1. The molecule has 0 aliphatic heterocycles. The third-order valence-electron chi connectivity index (χ3n) is 7.44. The Kier molecular flexibility index (Phi) is 9.31. The summed E-state index contributed by atoms with van der Waals surface area (Å²) >= 11 is 0. The van der Waals surface area contributed by atoms with Gasteiger partial charge < -0.3 is 19.7 Å². The van der Waals surface area contributed by atoms with Gasteiger partial charge in [-0.2, -0.15) is 0 Å². The first-order chi connectivity index (χ1) is 19.5. The lowest BCUT2D eigenvalue weighted by atomic mass is 9.98. The summed E-state index contributed by atoms with van der Waals surface area (Å²) in [4.78, 5) is 27.6. The second-order valence-electron chi connectivity index (χ2n) is 11.5. The van der Waals surface area contributed by atoms with E-state index in [0.29, 0.717) is 6.42 Å². The van der Waals surface area contributed by atoms with Crippen LogP contribution in [0.5, 0.6) is 0 Å². The number of carbonyl (C=O) groups excluding carboxylic acids is 2. The van der Waals surface area contributed by atoms with Gasteiger partial charge in [0.2, 0.25) is 0 Å². The van der Waals surface area contributed by atoms with Crippen LogP contribution in [0.2, 0.25) is 0 Å². The van der Waals surface area contributed by atoms with Gasteiger partial charge in [0.1, 0.15) is 12.2 Å². The highest BCUT2D eigenvalue weighted by Crippen LogP contribution is 2.44. The molecule has 0 radical (unpaired) electrons. The second-order valence-corrected chi connectivity index (χ2v) is 11.5. The molecular weight excluding hydrogens is 526 g/mol. The molecule has 0 heterocycles. The number of benzene rings is 3. The third kappa shape index (κ3) is 7.23. The average molecular weight is 565 g/mol. The molecule has 0 aromatic heterocycles. The fourth-order valence-corrected chi connectivity index (χ4v) is 5.11. The molecule has 0 spiro atoms. The molecule has 1 N–H and O–H groups in total. The number of alkyl carbamates (subject to hydrolysis) is 1. The molecule has 4 rings (SSSR count). The Hall–Kier alpha value is -3.94. The first kappa shape index (κ1) is 30.0. The number of nitrogens with zero attached hydrogens (tertiary/aromatic N) is 1. The minimum atomic E-state index is -1.02. The summed E-state index contributed by atoms with van der Waals surface area (Å²) in [6.07, 6.45) is -0.602. The number of amides is 2. The van der Waals surface area contributed by atoms with Crippen molar-refractivity contribution in [2.45, 2.75) is 65.1 Å². The van der Waals surface area contributed by atoms with Crippen LogP contribution in [-0.2, 0) is 16.0 Å². The highest BCUT2D eigenvalue weighted by atomic mass is 19.2. The normalized spacial score (nSPS) is 14.0. The van der Waals surface area contributed by atoms with Gasteiger partial charge in [0.15, 0.2) is 11.6 Å². The summed E-state index contributed by atoms with van der Waals surface area (Å²) in [7, 11) is 0. The van der Waals surface area contributed by atoms with E-state index in [0.717, 1.165) is 28.3 Å². The number of fused-ring (bicyclic) bond motifs is 3. The van der Waals surface area contributed by atoms with Crippen molar-refractivity contribution in [3.63, 3.8) is 0 Å². The zero-order chi connectivity index (χ0) is 29.7. The number of rotatable bonds is 9. The van der Waals surface area contributed by atoms with Gasteiger partial charge in [-0.1, -0.05) is 80.9 Å². The van der Waals surface area contributed by atoms with Crippen LogP contribution in [0.1, 0.15) is 63.6 Å². The molecule has 2 atom stereocenters. The maximum Gasteiger partial charge on any atom is 0.410 e. The van der Waals surface area contributed by atoms with E-state index in [4.69, 9.17) is 9.47 Å². The van der Waals surface area contributed by atoms with Crippen molar-refractivity contribution in [3.05, 3.63) is 95.1 Å². The van der Waals surface area contributed by atoms with Crippen LogP contribution in [0.3, 0.4) is 0 Å². The topological polar surface area (TPSA) is 67.9 Å². The Morgan fingerprint density at radius 2 is 1.56 bits per heavy atom. The lowest BCUT2D eigenvalue weighted by Crippen LogP contribution is -2.50. The van der Waals surface area contributed by atoms with E-state index in [-0.39, 0.29) is 37.1 Å². The molecule has 6 nitrogen and oxygen atoms in total. The Morgan fingerprint density at radius 1 is 0.951 bits per heavy atom. The fourth-order valence-electron chi connectivity index (χ4n) is 5.11. The summed E-state index contributed by atoms with van der Waals surface area (Å²) in [5, 5.41) is 2.87. The molecule has 1 aliphatic rings. The first-order valence-corrected chi connectivity index (χ1v) is 14.0. The molecule has 8 heteroatoms. The highest BCUT2D eigenvalue weighted by Gasteiger charge is 2.32. The van der Waals surface area contributed by atoms with Crippen molar-refractivity contribution in [2.24, 2.45) is 5.92 Å². The summed E-state index contributed by atoms with van der Waals surface area (Å²) in [6.45, 7) is 9.06. The molecule has 0 bridgehead atoms. The molecule has 2 amide bonds. The van der Waals surface area contributed by atoms with Crippen LogP contribution in [0.25, 0.3) is 11.1 Å². The van der Waals surface area contributed by atoms with Crippen LogP contribution in [-0.4, -0.2) is 41.9 Å². The van der Waals surface area contributed by atoms with E-state index >= 15 is 0 Å². The number of ether oxygens (including phenoxy) is 2. The van der Waals surface area contributed by atoms with Gasteiger partial charge in [-0.05, 0) is 55.0 Å². The highest BCUT2D eigenvalue weighted by molar-refractivity contribution is 5.79. The Bertz CT molecular complexity index is 1340. The number of carbonyl (C=O) groups is 2. The fraction of sp³-hybridized carbons (Fsp3) is 0.394. The van der Waals surface area contributed by atoms with Gasteiger partial charge in [0.05, 0.1) is 12.6 Å². The van der Waals surface area contributed by atoms with Crippen LogP contribution in [0.4, 0.5) is 18.4 Å². The van der Waals surface area contributed by atoms with Crippen LogP contribution >= 0.6 is 0 Å². The molecule has 0 saturated carbocycles. The molecule has 0 unspecified atom stereocenters. The minimum absolute atomic E-state index is 0.0127. The zero-order valence-corrected chi connectivity index (χ0v) is 24.2. The molecule has 3 aromatic carbocycles. The summed E-state index contributed by atoms with van der Waals surface area (Å²) in [5.41, 5.74) is 3.63. The van der Waals surface area contributed by atoms with Crippen molar-refractivity contribution in [3.8, 4) is 11.1 Å². The van der Waals surface area contributed by atoms with Gasteiger partial charge in [0, 0.05) is 18.0 Å². The molecule has 0 fully saturated rings. The molecule has 1 aliphatic carbocycles. The van der Waals surface area contributed by atoms with Crippen LogP contribution in [0.15, 0.2) is 66.7 Å². The Morgan fingerprint density at radius 3 is 2.15 bits per heavy atom. The maximum atomic E-state index is 14.7. The quantitative estimate of drug-likeness (QED) is 0.290. The van der Waals surface area contributed by atoms with E-state index in [2.05, 4.69) is 5.32 Å². The van der Waals surface area contributed by atoms with Crippen LogP contribution < -0.4 is 5.32 Å². The van der Waals surface area contributed by atoms with E-state index in [9.17, 15) is 18.4 Å². The number of hydrogen-bond donors (Lipinski definition) is 1. The van der Waals surface area contributed by atoms with Crippen molar-refractivity contribution in [1.82, 2.24) is 10.2 Å². The van der Waals surface area contributed by atoms with E-state index in [1.165, 1.54) is 17.0 Å². The smallest absolute Gasteiger partial charge is 0.410 e.